The summed E-state index contributed by atoms with van der Waals surface area (Å²) >= 11 is 4.52. The summed E-state index contributed by atoms with van der Waals surface area (Å²) in [6, 6.07) is 0.407. The number of aliphatic carboxylic acids is 1. The molecule has 0 aromatic carbocycles. The van der Waals surface area contributed by atoms with Crippen LogP contribution in [0.4, 0.5) is 0 Å². The van der Waals surface area contributed by atoms with Crippen molar-refractivity contribution in [1.82, 2.24) is 4.72 Å². The number of nitrogens with one attached hydrogen (secondary N) is 1. The normalized spacial score (nSPS) is 13.4. The lowest BCUT2D eigenvalue weighted by Gasteiger charge is -2.14. The van der Waals surface area contributed by atoms with Crippen LogP contribution in [-0.4, -0.2) is 25.5 Å². The zero-order valence-corrected chi connectivity index (χ0v) is 13.9. The Morgan fingerprint density at radius 1 is 1.58 bits per heavy atom. The lowest BCUT2D eigenvalue weighted by atomic mass is 10.1. The van der Waals surface area contributed by atoms with Gasteiger partial charge in [-0.3, -0.25) is 4.79 Å². The third-order valence-electron chi connectivity index (χ3n) is 2.57. The van der Waals surface area contributed by atoms with E-state index in [1.165, 1.54) is 17.4 Å². The van der Waals surface area contributed by atoms with Crippen molar-refractivity contribution in [2.24, 2.45) is 0 Å². The zero-order valence-electron chi connectivity index (χ0n) is 10.6. The highest BCUT2D eigenvalue weighted by Gasteiger charge is 2.27. The molecule has 0 aliphatic rings. The third kappa shape index (κ3) is 4.55. The Bertz CT molecular complexity index is 553. The maximum atomic E-state index is 12.2. The summed E-state index contributed by atoms with van der Waals surface area (Å²) in [5.41, 5.74) is 0. The van der Waals surface area contributed by atoms with E-state index >= 15 is 0 Å². The Labute approximate surface area is 125 Å². The van der Waals surface area contributed by atoms with Crippen molar-refractivity contribution >= 4 is 43.3 Å². The lowest BCUT2D eigenvalue weighted by Crippen LogP contribution is -2.40. The number of halogens is 1. The van der Waals surface area contributed by atoms with Gasteiger partial charge in [0, 0.05) is 4.88 Å². The molecule has 0 radical (unpaired) electrons. The minimum atomic E-state index is -3.80. The van der Waals surface area contributed by atoms with Gasteiger partial charge < -0.3 is 5.11 Å². The van der Waals surface area contributed by atoms with Crippen LogP contribution >= 0.6 is 27.3 Å². The van der Waals surface area contributed by atoms with Crippen molar-refractivity contribution in [2.75, 3.05) is 0 Å². The molecule has 0 fully saturated rings. The molecular weight excluding hydrogens is 354 g/mol. The van der Waals surface area contributed by atoms with Gasteiger partial charge in [-0.05, 0) is 35.3 Å². The summed E-state index contributed by atoms with van der Waals surface area (Å²) in [5.74, 6) is -1.15. The molecule has 0 saturated carbocycles. The Morgan fingerprint density at radius 3 is 2.63 bits per heavy atom. The van der Waals surface area contributed by atoms with Gasteiger partial charge in [-0.2, -0.15) is 4.72 Å². The first-order chi connectivity index (χ1) is 8.77. The monoisotopic (exact) mass is 369 g/mol. The predicted octanol–water partition coefficient (Wildman–Crippen LogP) is 2.74. The van der Waals surface area contributed by atoms with Crippen LogP contribution in [0, 0.1) is 6.92 Å². The molecule has 0 aliphatic carbocycles. The Kier molecular flexibility index (Phi) is 5.97. The molecule has 2 N–H and O–H groups in total. The topological polar surface area (TPSA) is 83.5 Å². The molecule has 108 valence electrons. The van der Waals surface area contributed by atoms with Crippen LogP contribution in [0.25, 0.3) is 0 Å². The number of carboxylic acids is 1. The van der Waals surface area contributed by atoms with Crippen molar-refractivity contribution < 1.29 is 18.3 Å². The first-order valence-corrected chi connectivity index (χ1v) is 8.88. The Balaban J connectivity index is 2.94. The summed E-state index contributed by atoms with van der Waals surface area (Å²) < 4.78 is 27.3. The molecule has 5 nitrogen and oxygen atoms in total. The maximum Gasteiger partial charge on any atom is 0.321 e. The van der Waals surface area contributed by atoms with Crippen molar-refractivity contribution in [3.8, 4) is 0 Å². The van der Waals surface area contributed by atoms with E-state index in [0.29, 0.717) is 15.1 Å². The van der Waals surface area contributed by atoms with Crippen LogP contribution in [0.15, 0.2) is 14.7 Å². The Morgan fingerprint density at radius 2 is 2.21 bits per heavy atom. The van der Waals surface area contributed by atoms with Crippen LogP contribution in [0.2, 0.25) is 0 Å². The van der Waals surface area contributed by atoms with Gasteiger partial charge in [-0.15, -0.1) is 11.3 Å². The molecule has 19 heavy (non-hydrogen) atoms. The summed E-state index contributed by atoms with van der Waals surface area (Å²) in [7, 11) is -3.80. The second kappa shape index (κ2) is 6.83. The van der Waals surface area contributed by atoms with E-state index in [0.717, 1.165) is 6.42 Å². The summed E-state index contributed by atoms with van der Waals surface area (Å²) in [6.07, 6.45) is 1.76. The van der Waals surface area contributed by atoms with Crippen LogP contribution in [0.1, 0.15) is 31.1 Å². The standard InChI is InChI=1S/C11H16BrNO4S2/c1-3-4-5-8(11(14)15)13-19(16,17)9-6-10(12)18-7(9)2/h6,8,13H,3-5H2,1-2H3,(H,14,15)/t8-/m0/s1. The fourth-order valence-electron chi connectivity index (χ4n) is 1.59. The van der Waals surface area contributed by atoms with Gasteiger partial charge in [-0.25, -0.2) is 8.42 Å². The second-order valence-electron chi connectivity index (χ2n) is 4.13. The van der Waals surface area contributed by atoms with Gasteiger partial charge in [-0.1, -0.05) is 19.8 Å². The molecular formula is C11H16BrNO4S2. The maximum absolute atomic E-state index is 12.2. The molecule has 0 unspecified atom stereocenters. The van der Waals surface area contributed by atoms with Gasteiger partial charge >= 0.3 is 5.97 Å². The third-order valence-corrected chi connectivity index (χ3v) is 5.85. The van der Waals surface area contributed by atoms with E-state index in [1.807, 2.05) is 6.92 Å². The quantitative estimate of drug-likeness (QED) is 0.773. The molecule has 1 rings (SSSR count). The molecule has 0 aliphatic heterocycles. The first kappa shape index (κ1) is 16.6. The van der Waals surface area contributed by atoms with Crippen molar-refractivity contribution in [3.05, 3.63) is 14.7 Å². The van der Waals surface area contributed by atoms with Gasteiger partial charge in [0.1, 0.15) is 6.04 Å². The highest BCUT2D eigenvalue weighted by atomic mass is 79.9. The van der Waals surface area contributed by atoms with Gasteiger partial charge in [0.25, 0.3) is 0 Å². The summed E-state index contributed by atoms with van der Waals surface area (Å²) in [5, 5.41) is 9.05. The molecule has 0 bridgehead atoms. The van der Waals surface area contributed by atoms with E-state index in [9.17, 15) is 13.2 Å². The predicted molar refractivity (Wildman–Crippen MR) is 78.0 cm³/mol. The molecule has 1 aromatic rings. The van der Waals surface area contributed by atoms with Gasteiger partial charge in [0.05, 0.1) is 8.68 Å². The number of unbranched alkanes of at least 4 members (excludes halogenated alkanes) is 1. The van der Waals surface area contributed by atoms with Crippen molar-refractivity contribution in [3.63, 3.8) is 0 Å². The van der Waals surface area contributed by atoms with E-state index in [-0.39, 0.29) is 11.3 Å². The number of carboxylic acid groups (broad SMARTS) is 1. The Hall–Kier alpha value is -0.440. The first-order valence-electron chi connectivity index (χ1n) is 5.79. The average Bonchev–Trinajstić information content (AvgIpc) is 2.64. The lowest BCUT2D eigenvalue weighted by molar-refractivity contribution is -0.139. The minimum Gasteiger partial charge on any atom is -0.480 e. The molecule has 8 heteroatoms. The van der Waals surface area contributed by atoms with Crippen LogP contribution < -0.4 is 4.72 Å². The van der Waals surface area contributed by atoms with E-state index < -0.39 is 22.0 Å². The minimum absolute atomic E-state index is 0.132. The number of hydrogen-bond donors (Lipinski definition) is 2. The molecule has 0 spiro atoms. The molecule has 0 saturated heterocycles. The van der Waals surface area contributed by atoms with Gasteiger partial charge in [0.2, 0.25) is 10.0 Å². The number of sulfonamides is 1. The molecule has 0 amide bonds. The van der Waals surface area contributed by atoms with Crippen molar-refractivity contribution in [1.29, 1.82) is 0 Å². The summed E-state index contributed by atoms with van der Waals surface area (Å²) in [4.78, 5) is 11.8. The van der Waals surface area contributed by atoms with Crippen LogP contribution in [-0.2, 0) is 14.8 Å². The van der Waals surface area contributed by atoms with E-state index in [2.05, 4.69) is 20.7 Å². The smallest absolute Gasteiger partial charge is 0.321 e. The zero-order chi connectivity index (χ0) is 14.6. The van der Waals surface area contributed by atoms with E-state index in [1.54, 1.807) is 6.92 Å². The number of thiophene rings is 1. The number of rotatable bonds is 7. The number of carbonyl (C=O) groups is 1. The second-order valence-corrected chi connectivity index (χ2v) is 8.44. The average molecular weight is 370 g/mol. The van der Waals surface area contributed by atoms with Gasteiger partial charge in [0.15, 0.2) is 0 Å². The number of hydrogen-bond acceptors (Lipinski definition) is 4. The van der Waals surface area contributed by atoms with Crippen LogP contribution in [0.5, 0.6) is 0 Å². The van der Waals surface area contributed by atoms with Crippen LogP contribution in [0.3, 0.4) is 0 Å². The van der Waals surface area contributed by atoms with Crippen molar-refractivity contribution in [2.45, 2.75) is 44.0 Å². The SMILES string of the molecule is CCCC[C@H](NS(=O)(=O)c1cc(Br)sc1C)C(=O)O. The highest BCUT2D eigenvalue weighted by molar-refractivity contribution is 9.11. The molecule has 1 heterocycles. The fourth-order valence-corrected chi connectivity index (χ4v) is 5.23. The van der Waals surface area contributed by atoms with E-state index in [4.69, 9.17) is 5.11 Å². The fraction of sp³-hybridized carbons (Fsp3) is 0.545. The highest BCUT2D eigenvalue weighted by Crippen LogP contribution is 2.29. The summed E-state index contributed by atoms with van der Waals surface area (Å²) in [6.45, 7) is 3.61. The number of aryl methyl sites for hydroxylation is 1. The molecule has 1 aromatic heterocycles. The largest absolute Gasteiger partial charge is 0.480 e. The molecule has 1 atom stereocenters.